The van der Waals surface area contributed by atoms with Crippen LogP contribution in [0.5, 0.6) is 0 Å². The lowest BCUT2D eigenvalue weighted by molar-refractivity contribution is -0.145. The average Bonchev–Trinajstić information content (AvgIpc) is 2.86. The first-order valence-electron chi connectivity index (χ1n) is 7.87. The van der Waals surface area contributed by atoms with E-state index in [-0.39, 0.29) is 18.0 Å². The van der Waals surface area contributed by atoms with Gasteiger partial charge in [-0.05, 0) is 43.1 Å². The summed E-state index contributed by atoms with van der Waals surface area (Å²) in [6.07, 6.45) is 2.69. The third-order valence-electron chi connectivity index (χ3n) is 6.96. The molecule has 2 saturated heterocycles. The van der Waals surface area contributed by atoms with E-state index in [1.807, 2.05) is 0 Å². The minimum absolute atomic E-state index is 0.110. The van der Waals surface area contributed by atoms with Crippen LogP contribution >= 0.6 is 0 Å². The monoisotopic (exact) mass is 263 g/mol. The van der Waals surface area contributed by atoms with E-state index in [1.165, 1.54) is 19.4 Å². The van der Waals surface area contributed by atoms with Gasteiger partial charge in [-0.25, -0.2) is 0 Å². The second kappa shape index (κ2) is 3.55. The normalized spacial score (nSPS) is 55.7. The Kier molecular flexibility index (Phi) is 2.27. The van der Waals surface area contributed by atoms with E-state index in [0.717, 1.165) is 5.92 Å². The number of fused-ring (bicyclic) bond motifs is 4. The number of hydrogen-bond acceptors (Lipinski definition) is 3. The number of hydrogen-bond donors (Lipinski definition) is 0. The average molecular weight is 263 g/mol. The largest absolute Gasteiger partial charge is 0.460 e. The Balaban J connectivity index is 1.85. The predicted octanol–water partition coefficient (Wildman–Crippen LogP) is 2.16. The fraction of sp³-hybridized carbons (Fsp3) is 0.938. The molecule has 4 fully saturated rings. The van der Waals surface area contributed by atoms with Gasteiger partial charge in [0.25, 0.3) is 0 Å². The van der Waals surface area contributed by atoms with Crippen LogP contribution in [0.2, 0.25) is 0 Å². The van der Waals surface area contributed by atoms with Crippen LogP contribution in [0, 0.1) is 35.0 Å². The Bertz CT molecular complexity index is 434. The molecule has 2 aliphatic carbocycles. The van der Waals surface area contributed by atoms with Crippen molar-refractivity contribution in [2.75, 3.05) is 13.6 Å². The molecule has 3 nitrogen and oxygen atoms in total. The SMILES string of the molecule is CC(C)[C@H]1[C@H]2OC(=O)[C@H]1[C@@H]1CC[C@@H]3CN(C)[C@H]2[C@@]31C. The van der Waals surface area contributed by atoms with Crippen molar-refractivity contribution in [2.24, 2.45) is 35.0 Å². The zero-order valence-electron chi connectivity index (χ0n) is 12.4. The van der Waals surface area contributed by atoms with Gasteiger partial charge in [0.15, 0.2) is 0 Å². The molecule has 4 aliphatic rings. The molecule has 106 valence electrons. The highest BCUT2D eigenvalue weighted by atomic mass is 16.6. The number of carbonyl (C=O) groups excluding carboxylic acids is 1. The van der Waals surface area contributed by atoms with Crippen LogP contribution in [-0.2, 0) is 9.53 Å². The Hall–Kier alpha value is -0.570. The quantitative estimate of drug-likeness (QED) is 0.679. The summed E-state index contributed by atoms with van der Waals surface area (Å²) < 4.78 is 5.88. The summed E-state index contributed by atoms with van der Waals surface area (Å²) in [5, 5.41) is 0. The molecule has 19 heavy (non-hydrogen) atoms. The van der Waals surface area contributed by atoms with E-state index in [9.17, 15) is 4.79 Å². The maximum absolute atomic E-state index is 12.4. The van der Waals surface area contributed by atoms with Gasteiger partial charge in [0.2, 0.25) is 0 Å². The van der Waals surface area contributed by atoms with E-state index in [4.69, 9.17) is 4.74 Å². The summed E-state index contributed by atoms with van der Waals surface area (Å²) in [4.78, 5) is 14.9. The molecule has 0 aromatic heterocycles. The number of esters is 1. The second-order valence-electron chi connectivity index (χ2n) is 7.88. The standard InChI is InChI=1S/C16H25NO2/c1-8(2)11-12-10-6-5-9-7-17(4)14(16(9,10)3)13(11)19-15(12)18/h8-14H,5-7H2,1-4H3/t9-,10+,11-,12+,13-,14-,16+/m1/s1. The first kappa shape index (κ1) is 12.2. The maximum Gasteiger partial charge on any atom is 0.310 e. The van der Waals surface area contributed by atoms with E-state index in [0.29, 0.717) is 29.2 Å². The van der Waals surface area contributed by atoms with Crippen molar-refractivity contribution >= 4 is 5.97 Å². The molecule has 0 radical (unpaired) electrons. The van der Waals surface area contributed by atoms with E-state index in [1.54, 1.807) is 0 Å². The second-order valence-corrected chi connectivity index (χ2v) is 7.88. The molecule has 2 bridgehead atoms. The Morgan fingerprint density at radius 3 is 2.79 bits per heavy atom. The van der Waals surface area contributed by atoms with Gasteiger partial charge < -0.3 is 4.74 Å². The summed E-state index contributed by atoms with van der Waals surface area (Å²) in [7, 11) is 2.23. The van der Waals surface area contributed by atoms with E-state index in [2.05, 4.69) is 32.7 Å². The van der Waals surface area contributed by atoms with Crippen LogP contribution in [-0.4, -0.2) is 36.6 Å². The Labute approximate surface area is 115 Å². The van der Waals surface area contributed by atoms with Crippen molar-refractivity contribution in [3.63, 3.8) is 0 Å². The molecule has 0 aromatic rings. The Morgan fingerprint density at radius 1 is 1.37 bits per heavy atom. The van der Waals surface area contributed by atoms with Crippen molar-refractivity contribution in [3.05, 3.63) is 0 Å². The van der Waals surface area contributed by atoms with Crippen molar-refractivity contribution in [2.45, 2.75) is 45.8 Å². The van der Waals surface area contributed by atoms with Crippen LogP contribution in [0.15, 0.2) is 0 Å². The molecule has 2 saturated carbocycles. The van der Waals surface area contributed by atoms with Gasteiger partial charge in [0.05, 0.1) is 12.0 Å². The number of ether oxygens (including phenoxy) is 1. The molecule has 2 heterocycles. The lowest BCUT2D eigenvalue weighted by Gasteiger charge is -2.49. The minimum atomic E-state index is 0.110. The molecule has 0 aromatic carbocycles. The molecule has 4 rings (SSSR count). The van der Waals surface area contributed by atoms with Crippen LogP contribution in [0.1, 0.15) is 33.6 Å². The first-order chi connectivity index (χ1) is 8.96. The summed E-state index contributed by atoms with van der Waals surface area (Å²) in [5.41, 5.74) is 0.321. The number of rotatable bonds is 1. The fourth-order valence-corrected chi connectivity index (χ4v) is 6.32. The molecule has 3 heteroatoms. The van der Waals surface area contributed by atoms with Crippen molar-refractivity contribution < 1.29 is 9.53 Å². The van der Waals surface area contributed by atoms with Crippen LogP contribution in [0.25, 0.3) is 0 Å². The third-order valence-corrected chi connectivity index (χ3v) is 6.96. The topological polar surface area (TPSA) is 29.5 Å². The van der Waals surface area contributed by atoms with Crippen molar-refractivity contribution in [3.8, 4) is 0 Å². The molecular weight excluding hydrogens is 238 g/mol. The maximum atomic E-state index is 12.4. The van der Waals surface area contributed by atoms with Crippen molar-refractivity contribution in [1.29, 1.82) is 0 Å². The highest BCUT2D eigenvalue weighted by molar-refractivity contribution is 5.77. The molecule has 0 spiro atoms. The summed E-state index contributed by atoms with van der Waals surface area (Å²) in [6, 6.07) is 0.458. The summed E-state index contributed by atoms with van der Waals surface area (Å²) in [6.45, 7) is 8.17. The summed E-state index contributed by atoms with van der Waals surface area (Å²) >= 11 is 0. The van der Waals surface area contributed by atoms with Gasteiger partial charge in [0.1, 0.15) is 6.10 Å². The van der Waals surface area contributed by atoms with Gasteiger partial charge in [0, 0.05) is 12.5 Å². The molecule has 0 N–H and O–H groups in total. The zero-order valence-corrected chi connectivity index (χ0v) is 12.4. The van der Waals surface area contributed by atoms with E-state index < -0.39 is 0 Å². The summed E-state index contributed by atoms with van der Waals surface area (Å²) in [5.74, 6) is 2.61. The smallest absolute Gasteiger partial charge is 0.310 e. The van der Waals surface area contributed by atoms with Crippen LogP contribution in [0.3, 0.4) is 0 Å². The number of nitrogens with zero attached hydrogens (tertiary/aromatic N) is 1. The minimum Gasteiger partial charge on any atom is -0.460 e. The third kappa shape index (κ3) is 1.22. The van der Waals surface area contributed by atoms with Crippen LogP contribution in [0.4, 0.5) is 0 Å². The zero-order chi connectivity index (χ0) is 13.5. The highest BCUT2D eigenvalue weighted by Gasteiger charge is 2.71. The molecular formula is C16H25NO2. The number of likely N-dealkylation sites (tertiary alicyclic amines) is 1. The van der Waals surface area contributed by atoms with Crippen molar-refractivity contribution in [1.82, 2.24) is 4.90 Å². The van der Waals surface area contributed by atoms with Gasteiger partial charge in [-0.15, -0.1) is 0 Å². The van der Waals surface area contributed by atoms with Gasteiger partial charge in [-0.3, -0.25) is 9.69 Å². The lowest BCUT2D eigenvalue weighted by atomic mass is 9.55. The molecule has 7 atom stereocenters. The molecule has 2 aliphatic heterocycles. The van der Waals surface area contributed by atoms with Crippen LogP contribution < -0.4 is 0 Å². The van der Waals surface area contributed by atoms with Gasteiger partial charge >= 0.3 is 5.97 Å². The van der Waals surface area contributed by atoms with E-state index >= 15 is 0 Å². The first-order valence-corrected chi connectivity index (χ1v) is 7.87. The molecule has 0 unspecified atom stereocenters. The number of carbonyl (C=O) groups is 1. The number of likely N-dealkylation sites (N-methyl/N-ethyl adjacent to an activating group) is 1. The Morgan fingerprint density at radius 2 is 2.11 bits per heavy atom. The van der Waals surface area contributed by atoms with Gasteiger partial charge in [-0.2, -0.15) is 0 Å². The van der Waals surface area contributed by atoms with Gasteiger partial charge in [-0.1, -0.05) is 20.8 Å². The lowest BCUT2D eigenvalue weighted by Crippen LogP contribution is -2.57. The fourth-order valence-electron chi connectivity index (χ4n) is 6.32. The highest BCUT2D eigenvalue weighted by Crippen LogP contribution is 2.66. The predicted molar refractivity (Wildman–Crippen MR) is 72.4 cm³/mol. The molecule has 0 amide bonds.